The second-order valence-electron chi connectivity index (χ2n) is 11.1. The van der Waals surface area contributed by atoms with E-state index in [0.29, 0.717) is 43.6 Å². The number of benzene rings is 2. The van der Waals surface area contributed by atoms with Gasteiger partial charge in [0.25, 0.3) is 0 Å². The van der Waals surface area contributed by atoms with Crippen LogP contribution in [0, 0.1) is 5.92 Å². The second-order valence-corrected chi connectivity index (χ2v) is 11.1. The highest BCUT2D eigenvalue weighted by molar-refractivity contribution is 5.80. The number of aryl methyl sites for hydroxylation is 2. The van der Waals surface area contributed by atoms with Crippen molar-refractivity contribution in [2.45, 2.75) is 103 Å². The Morgan fingerprint density at radius 2 is 1.46 bits per heavy atom. The number of Topliss-reactive ketones (excluding diaryl/α,β-unsaturated/α-hetero) is 1. The van der Waals surface area contributed by atoms with Gasteiger partial charge in [-0.3, -0.25) is 9.79 Å². The Bertz CT molecular complexity index is 1190. The molecular weight excluding hydrogens is 526 g/mol. The molecule has 41 heavy (non-hydrogen) atoms. The molecule has 2 nitrogen and oxygen atoms in total. The highest BCUT2D eigenvalue weighted by atomic mass is 19.4. The van der Waals surface area contributed by atoms with Crippen LogP contribution in [0.1, 0.15) is 100 Å². The first-order valence-electron chi connectivity index (χ1n) is 15.0. The van der Waals surface area contributed by atoms with Gasteiger partial charge >= 0.3 is 6.18 Å². The van der Waals surface area contributed by atoms with E-state index in [2.05, 4.69) is 24.0 Å². The molecule has 222 valence electrons. The van der Waals surface area contributed by atoms with E-state index in [1.807, 2.05) is 25.1 Å². The van der Waals surface area contributed by atoms with Crippen molar-refractivity contribution in [2.24, 2.45) is 10.9 Å². The molecular formula is C35H43F4NO. The summed E-state index contributed by atoms with van der Waals surface area (Å²) < 4.78 is 54.0. The molecule has 1 heterocycles. The molecule has 1 unspecified atom stereocenters. The fourth-order valence-electron chi connectivity index (χ4n) is 5.13. The van der Waals surface area contributed by atoms with Gasteiger partial charge in [0.2, 0.25) is 0 Å². The first-order chi connectivity index (χ1) is 19.7. The van der Waals surface area contributed by atoms with Gasteiger partial charge in [-0.2, -0.15) is 13.2 Å². The maximum absolute atomic E-state index is 15.6. The van der Waals surface area contributed by atoms with E-state index in [9.17, 15) is 18.0 Å². The zero-order chi connectivity index (χ0) is 29.7. The summed E-state index contributed by atoms with van der Waals surface area (Å²) in [6.07, 6.45) is 9.58. The van der Waals surface area contributed by atoms with Crippen molar-refractivity contribution in [3.05, 3.63) is 94.0 Å². The van der Waals surface area contributed by atoms with Crippen molar-refractivity contribution in [1.29, 1.82) is 0 Å². The number of nitrogens with zero attached hydrogens (tertiary/aromatic N) is 1. The lowest BCUT2D eigenvalue weighted by atomic mass is 9.94. The van der Waals surface area contributed by atoms with Crippen LogP contribution in [-0.2, 0) is 30.2 Å². The molecule has 3 rings (SSSR count). The molecule has 0 radical (unpaired) electrons. The van der Waals surface area contributed by atoms with E-state index in [0.717, 1.165) is 80.2 Å². The van der Waals surface area contributed by atoms with Crippen LogP contribution in [0.5, 0.6) is 0 Å². The Labute approximate surface area is 242 Å². The number of unbranched alkanes of at least 4 members (excludes halogenated alkanes) is 2. The van der Waals surface area contributed by atoms with Gasteiger partial charge in [0.1, 0.15) is 11.6 Å². The number of ketones is 1. The van der Waals surface area contributed by atoms with E-state index in [1.54, 1.807) is 6.21 Å². The van der Waals surface area contributed by atoms with Gasteiger partial charge in [-0.15, -0.1) is 0 Å². The average molecular weight is 570 g/mol. The van der Waals surface area contributed by atoms with E-state index < -0.39 is 11.7 Å². The van der Waals surface area contributed by atoms with Crippen LogP contribution < -0.4 is 0 Å². The van der Waals surface area contributed by atoms with Crippen LogP contribution in [0.2, 0.25) is 0 Å². The van der Waals surface area contributed by atoms with Crippen molar-refractivity contribution < 1.29 is 22.4 Å². The van der Waals surface area contributed by atoms with E-state index >= 15 is 4.39 Å². The largest absolute Gasteiger partial charge is 0.416 e. The molecule has 1 aliphatic rings. The SMILES string of the molecule is CCCCC(=O)Cc1ccc(CCCCC2=CCCC=NC(C(C)CCCc3ccc(C(F)(F)F)cc3)=C2F)cc1. The predicted molar refractivity (Wildman–Crippen MR) is 160 cm³/mol. The monoisotopic (exact) mass is 569 g/mol. The fourth-order valence-corrected chi connectivity index (χ4v) is 5.13. The third-order valence-electron chi connectivity index (χ3n) is 7.67. The molecule has 0 bridgehead atoms. The van der Waals surface area contributed by atoms with Crippen molar-refractivity contribution in [1.82, 2.24) is 0 Å². The molecule has 0 saturated heterocycles. The lowest BCUT2D eigenvalue weighted by molar-refractivity contribution is -0.137. The molecule has 0 aromatic heterocycles. The van der Waals surface area contributed by atoms with Crippen molar-refractivity contribution in [2.75, 3.05) is 0 Å². The van der Waals surface area contributed by atoms with Crippen molar-refractivity contribution in [3.8, 4) is 0 Å². The number of alkyl halides is 3. The Morgan fingerprint density at radius 1 is 0.854 bits per heavy atom. The third-order valence-corrected chi connectivity index (χ3v) is 7.67. The summed E-state index contributed by atoms with van der Waals surface area (Å²) in [6.45, 7) is 4.06. The summed E-state index contributed by atoms with van der Waals surface area (Å²) >= 11 is 0. The molecule has 2 aromatic rings. The molecule has 1 aliphatic heterocycles. The maximum atomic E-state index is 15.6. The zero-order valence-corrected chi connectivity index (χ0v) is 24.4. The first-order valence-corrected chi connectivity index (χ1v) is 15.0. The summed E-state index contributed by atoms with van der Waals surface area (Å²) in [5, 5.41) is 0. The minimum absolute atomic E-state index is 0.0884. The van der Waals surface area contributed by atoms with Gasteiger partial charge in [-0.05, 0) is 98.6 Å². The smallest absolute Gasteiger partial charge is 0.299 e. The van der Waals surface area contributed by atoms with Gasteiger partial charge < -0.3 is 0 Å². The molecule has 0 N–H and O–H groups in total. The minimum Gasteiger partial charge on any atom is -0.299 e. The number of carbonyl (C=O) groups is 1. The molecule has 0 saturated carbocycles. The third kappa shape index (κ3) is 11.1. The number of allylic oxidation sites excluding steroid dienone is 4. The van der Waals surface area contributed by atoms with E-state index in [4.69, 9.17) is 0 Å². The van der Waals surface area contributed by atoms with Gasteiger partial charge in [-0.1, -0.05) is 62.7 Å². The quantitative estimate of drug-likeness (QED) is 0.155. The number of halogens is 4. The predicted octanol–water partition coefficient (Wildman–Crippen LogP) is 10.4. The Kier molecular flexibility index (Phi) is 13.0. The van der Waals surface area contributed by atoms with E-state index in [-0.39, 0.29) is 11.7 Å². The number of hydrogen-bond acceptors (Lipinski definition) is 2. The molecule has 0 amide bonds. The van der Waals surface area contributed by atoms with Gasteiger partial charge in [0.05, 0.1) is 11.3 Å². The minimum atomic E-state index is -4.33. The second kappa shape index (κ2) is 16.4. The van der Waals surface area contributed by atoms with Crippen molar-refractivity contribution >= 4 is 12.0 Å². The fraction of sp³-hybridized carbons (Fsp3) is 0.486. The molecule has 0 aliphatic carbocycles. The van der Waals surface area contributed by atoms with Crippen molar-refractivity contribution in [3.63, 3.8) is 0 Å². The lowest BCUT2D eigenvalue weighted by Crippen LogP contribution is -2.06. The van der Waals surface area contributed by atoms with Gasteiger partial charge in [0.15, 0.2) is 0 Å². The maximum Gasteiger partial charge on any atom is 0.416 e. The van der Waals surface area contributed by atoms with Crippen LogP contribution in [0.25, 0.3) is 0 Å². The summed E-state index contributed by atoms with van der Waals surface area (Å²) in [6, 6.07) is 13.5. The molecule has 2 aromatic carbocycles. The summed E-state index contributed by atoms with van der Waals surface area (Å²) in [4.78, 5) is 16.5. The van der Waals surface area contributed by atoms with Crippen LogP contribution >= 0.6 is 0 Å². The van der Waals surface area contributed by atoms with Crippen LogP contribution in [0.15, 0.2) is 76.7 Å². The highest BCUT2D eigenvalue weighted by Crippen LogP contribution is 2.32. The Balaban J connectivity index is 1.48. The zero-order valence-electron chi connectivity index (χ0n) is 24.4. The summed E-state index contributed by atoms with van der Waals surface area (Å²) in [5.41, 5.74) is 3.69. The Hall–Kier alpha value is -3.02. The number of hydrogen-bond donors (Lipinski definition) is 0. The molecule has 6 heteroatoms. The van der Waals surface area contributed by atoms with Gasteiger partial charge in [-0.25, -0.2) is 4.39 Å². The summed E-state index contributed by atoms with van der Waals surface area (Å²) in [5.74, 6) is -0.0195. The highest BCUT2D eigenvalue weighted by Gasteiger charge is 2.29. The average Bonchev–Trinajstić information content (AvgIpc) is 2.94. The summed E-state index contributed by atoms with van der Waals surface area (Å²) in [7, 11) is 0. The molecule has 1 atom stereocenters. The normalized spacial score (nSPS) is 14.9. The molecule has 0 fully saturated rings. The van der Waals surface area contributed by atoms with Gasteiger partial charge in [0, 0.05) is 25.0 Å². The number of aliphatic imine (C=N–C) groups is 1. The lowest BCUT2D eigenvalue weighted by Gasteiger charge is -2.17. The van der Waals surface area contributed by atoms with Crippen LogP contribution in [0.3, 0.4) is 0 Å². The number of carbonyl (C=O) groups excluding carboxylic acids is 1. The first kappa shape index (κ1) is 32.5. The number of rotatable bonds is 15. The Morgan fingerprint density at radius 3 is 2.12 bits per heavy atom. The van der Waals surface area contributed by atoms with E-state index in [1.165, 1.54) is 17.7 Å². The standard InChI is InChI=1S/C35H43F4NO/c1-3-4-15-32(41)25-29-18-16-27(17-19-29)11-5-6-13-30-14-7-8-24-40-34(33(30)36)26(2)10-9-12-28-20-22-31(23-21-28)35(37,38)39/h14,16-24,26H,3-13,15,25H2,1-2H3. The topological polar surface area (TPSA) is 29.4 Å². The molecule has 0 spiro atoms. The van der Waals surface area contributed by atoms with Crippen LogP contribution in [0.4, 0.5) is 17.6 Å². The van der Waals surface area contributed by atoms with Crippen LogP contribution in [-0.4, -0.2) is 12.0 Å².